The van der Waals surface area contributed by atoms with E-state index in [0.29, 0.717) is 11.1 Å². The van der Waals surface area contributed by atoms with Gasteiger partial charge in [-0.2, -0.15) is 0 Å². The Morgan fingerprint density at radius 1 is 0.917 bits per heavy atom. The van der Waals surface area contributed by atoms with Gasteiger partial charge in [-0.05, 0) is 23.3 Å². The van der Waals surface area contributed by atoms with E-state index in [4.69, 9.17) is 5.21 Å². The molecule has 0 unspecified atom stereocenters. The molecule has 0 fully saturated rings. The molecule has 0 aliphatic rings. The number of carbonyl (C=O) groups is 3. The molecular weight excluding hydrogens is 310 g/mol. The fourth-order valence-electron chi connectivity index (χ4n) is 2.07. The Labute approximate surface area is 138 Å². The Morgan fingerprint density at radius 3 is 2.33 bits per heavy atom. The SMILES string of the molecule is O=C(Cc1cccc(CNC(=O)NC(=O)c2ccccc2)c1)NO. The van der Waals surface area contributed by atoms with Gasteiger partial charge in [0.2, 0.25) is 5.91 Å². The largest absolute Gasteiger partial charge is 0.334 e. The average Bonchev–Trinajstić information content (AvgIpc) is 2.61. The van der Waals surface area contributed by atoms with E-state index in [9.17, 15) is 14.4 Å². The molecule has 0 atom stereocenters. The van der Waals surface area contributed by atoms with E-state index >= 15 is 0 Å². The van der Waals surface area contributed by atoms with Crippen LogP contribution in [0.5, 0.6) is 0 Å². The maximum absolute atomic E-state index is 11.8. The molecular formula is C17H17N3O4. The molecule has 7 heteroatoms. The number of rotatable bonds is 5. The van der Waals surface area contributed by atoms with Crippen molar-refractivity contribution in [2.45, 2.75) is 13.0 Å². The zero-order valence-electron chi connectivity index (χ0n) is 12.8. The summed E-state index contributed by atoms with van der Waals surface area (Å²) < 4.78 is 0. The van der Waals surface area contributed by atoms with Crippen LogP contribution in [0.3, 0.4) is 0 Å². The highest BCUT2D eigenvalue weighted by Gasteiger charge is 2.09. The summed E-state index contributed by atoms with van der Waals surface area (Å²) in [5.41, 5.74) is 3.42. The molecule has 0 aliphatic carbocycles. The highest BCUT2D eigenvalue weighted by Crippen LogP contribution is 2.06. The summed E-state index contributed by atoms with van der Waals surface area (Å²) in [5.74, 6) is -1.01. The van der Waals surface area contributed by atoms with Crippen LogP contribution in [-0.4, -0.2) is 23.1 Å². The van der Waals surface area contributed by atoms with Crippen LogP contribution in [0, 0.1) is 0 Å². The number of nitrogens with one attached hydrogen (secondary N) is 3. The molecule has 7 nitrogen and oxygen atoms in total. The standard InChI is InChI=1S/C17H17N3O4/c21-15(20-24)10-12-5-4-6-13(9-12)11-18-17(23)19-16(22)14-7-2-1-3-8-14/h1-9,24H,10-11H2,(H,20,21)(H2,18,19,22,23). The smallest absolute Gasteiger partial charge is 0.321 e. The van der Waals surface area contributed by atoms with Crippen LogP contribution in [0.1, 0.15) is 21.5 Å². The molecule has 0 aliphatic heterocycles. The number of benzene rings is 2. The third-order valence-electron chi connectivity index (χ3n) is 3.20. The van der Waals surface area contributed by atoms with Crippen molar-refractivity contribution < 1.29 is 19.6 Å². The molecule has 124 valence electrons. The lowest BCUT2D eigenvalue weighted by atomic mass is 10.1. The lowest BCUT2D eigenvalue weighted by molar-refractivity contribution is -0.128. The van der Waals surface area contributed by atoms with Crippen molar-refractivity contribution in [2.24, 2.45) is 0 Å². The van der Waals surface area contributed by atoms with Gasteiger partial charge in [-0.15, -0.1) is 0 Å². The number of carbonyl (C=O) groups excluding carboxylic acids is 3. The second-order valence-corrected chi connectivity index (χ2v) is 5.03. The van der Waals surface area contributed by atoms with Crippen LogP contribution in [0.4, 0.5) is 4.79 Å². The number of amides is 4. The Kier molecular flexibility index (Phi) is 6.04. The Morgan fingerprint density at radius 2 is 1.62 bits per heavy atom. The van der Waals surface area contributed by atoms with E-state index in [2.05, 4.69) is 10.6 Å². The molecule has 0 saturated heterocycles. The van der Waals surface area contributed by atoms with E-state index in [1.54, 1.807) is 60.1 Å². The van der Waals surface area contributed by atoms with E-state index in [-0.39, 0.29) is 13.0 Å². The molecule has 2 rings (SSSR count). The van der Waals surface area contributed by atoms with Crippen molar-refractivity contribution >= 4 is 17.8 Å². The van der Waals surface area contributed by atoms with Gasteiger partial charge in [0.25, 0.3) is 5.91 Å². The van der Waals surface area contributed by atoms with Crippen LogP contribution in [0.25, 0.3) is 0 Å². The number of hydroxylamine groups is 1. The number of hydrogen-bond acceptors (Lipinski definition) is 4. The maximum atomic E-state index is 11.8. The van der Waals surface area contributed by atoms with Gasteiger partial charge in [0.05, 0.1) is 6.42 Å². The second kappa shape index (κ2) is 8.44. The lowest BCUT2D eigenvalue weighted by Gasteiger charge is -2.08. The molecule has 4 N–H and O–H groups in total. The Bertz CT molecular complexity index is 732. The minimum Gasteiger partial charge on any atom is -0.334 e. The van der Waals surface area contributed by atoms with Crippen molar-refractivity contribution in [1.82, 2.24) is 16.1 Å². The van der Waals surface area contributed by atoms with Gasteiger partial charge in [-0.25, -0.2) is 10.3 Å². The fraction of sp³-hybridized carbons (Fsp3) is 0.118. The molecule has 0 heterocycles. The van der Waals surface area contributed by atoms with E-state index in [1.165, 1.54) is 0 Å². The van der Waals surface area contributed by atoms with Gasteiger partial charge in [0, 0.05) is 12.1 Å². The van der Waals surface area contributed by atoms with E-state index in [0.717, 1.165) is 5.56 Å². The predicted molar refractivity (Wildman–Crippen MR) is 86.2 cm³/mol. The monoisotopic (exact) mass is 327 g/mol. The molecule has 2 aromatic rings. The molecule has 0 bridgehead atoms. The molecule has 0 saturated carbocycles. The predicted octanol–water partition coefficient (Wildman–Crippen LogP) is 1.37. The molecule has 0 aromatic heterocycles. The van der Waals surface area contributed by atoms with Crippen LogP contribution in [0.15, 0.2) is 54.6 Å². The lowest BCUT2D eigenvalue weighted by Crippen LogP contribution is -2.39. The molecule has 0 radical (unpaired) electrons. The highest BCUT2D eigenvalue weighted by atomic mass is 16.5. The summed E-state index contributed by atoms with van der Waals surface area (Å²) >= 11 is 0. The van der Waals surface area contributed by atoms with Crippen molar-refractivity contribution in [1.29, 1.82) is 0 Å². The van der Waals surface area contributed by atoms with E-state index in [1.807, 2.05) is 0 Å². The van der Waals surface area contributed by atoms with Gasteiger partial charge in [-0.3, -0.25) is 20.1 Å². The van der Waals surface area contributed by atoms with Crippen molar-refractivity contribution in [2.75, 3.05) is 0 Å². The van der Waals surface area contributed by atoms with Gasteiger partial charge < -0.3 is 5.32 Å². The molecule has 4 amide bonds. The topological polar surface area (TPSA) is 108 Å². The van der Waals surface area contributed by atoms with Crippen molar-refractivity contribution in [3.05, 3.63) is 71.3 Å². The van der Waals surface area contributed by atoms with Crippen LogP contribution in [0.2, 0.25) is 0 Å². The minimum absolute atomic E-state index is 0.0308. The zero-order valence-corrected chi connectivity index (χ0v) is 12.8. The number of hydrogen-bond donors (Lipinski definition) is 4. The van der Waals surface area contributed by atoms with Gasteiger partial charge in [-0.1, -0.05) is 42.5 Å². The zero-order chi connectivity index (χ0) is 17.4. The van der Waals surface area contributed by atoms with Gasteiger partial charge >= 0.3 is 6.03 Å². The molecule has 2 aromatic carbocycles. The minimum atomic E-state index is -0.609. The van der Waals surface area contributed by atoms with Crippen LogP contribution < -0.4 is 16.1 Å². The van der Waals surface area contributed by atoms with Gasteiger partial charge in [0.15, 0.2) is 0 Å². The molecule has 24 heavy (non-hydrogen) atoms. The normalized spacial score (nSPS) is 9.88. The third kappa shape index (κ3) is 5.22. The first-order valence-electron chi connectivity index (χ1n) is 7.23. The number of imide groups is 1. The van der Waals surface area contributed by atoms with Crippen LogP contribution in [-0.2, 0) is 17.8 Å². The fourth-order valence-corrected chi connectivity index (χ4v) is 2.07. The summed E-state index contributed by atoms with van der Waals surface area (Å²) in [6, 6.07) is 14.8. The summed E-state index contributed by atoms with van der Waals surface area (Å²) in [6.45, 7) is 0.197. The summed E-state index contributed by atoms with van der Waals surface area (Å²) in [7, 11) is 0. The first-order chi connectivity index (χ1) is 11.6. The van der Waals surface area contributed by atoms with Crippen molar-refractivity contribution in [3.8, 4) is 0 Å². The average molecular weight is 327 g/mol. The van der Waals surface area contributed by atoms with E-state index < -0.39 is 17.8 Å². The van der Waals surface area contributed by atoms with Crippen LogP contribution >= 0.6 is 0 Å². The summed E-state index contributed by atoms with van der Waals surface area (Å²) in [6.07, 6.45) is 0.0308. The van der Waals surface area contributed by atoms with Crippen molar-refractivity contribution in [3.63, 3.8) is 0 Å². The first kappa shape index (κ1) is 17.2. The summed E-state index contributed by atoms with van der Waals surface area (Å²) in [5, 5.41) is 13.3. The maximum Gasteiger partial charge on any atom is 0.321 e. The third-order valence-corrected chi connectivity index (χ3v) is 3.20. The van der Waals surface area contributed by atoms with Gasteiger partial charge in [0.1, 0.15) is 0 Å². The highest BCUT2D eigenvalue weighted by molar-refractivity contribution is 6.04. The quantitative estimate of drug-likeness (QED) is 0.491. The summed E-state index contributed by atoms with van der Waals surface area (Å²) in [4.78, 5) is 34.7. The molecule has 0 spiro atoms. The first-order valence-corrected chi connectivity index (χ1v) is 7.23. The second-order valence-electron chi connectivity index (χ2n) is 5.03. The Balaban J connectivity index is 1.86. The Hall–Kier alpha value is -3.19. The number of urea groups is 1.